The van der Waals surface area contributed by atoms with E-state index in [4.69, 9.17) is 11.3 Å². The third-order valence-corrected chi connectivity index (χ3v) is 1.98. The Morgan fingerprint density at radius 3 is 2.36 bits per heavy atom. The Morgan fingerprint density at radius 2 is 2.00 bits per heavy atom. The van der Waals surface area contributed by atoms with Gasteiger partial charge in [-0.25, -0.2) is 11.4 Å². The van der Waals surface area contributed by atoms with Gasteiger partial charge >= 0.3 is 6.09 Å². The maximum absolute atomic E-state index is 11.4. The summed E-state index contributed by atoms with van der Waals surface area (Å²) in [5.74, 6) is 0. The van der Waals surface area contributed by atoms with Crippen molar-refractivity contribution in [1.29, 1.82) is 0 Å². The average Bonchev–Trinajstić information content (AvgIpc) is 1.95. The Morgan fingerprint density at radius 1 is 1.50 bits per heavy atom. The minimum absolute atomic E-state index is 0.321. The highest BCUT2D eigenvalue weighted by molar-refractivity contribution is 5.70. The molecule has 1 aliphatic rings. The summed E-state index contributed by atoms with van der Waals surface area (Å²) in [6.45, 7) is 15.2. The smallest absolute Gasteiger partial charge is 0.410 e. The molecule has 0 aliphatic carbocycles. The van der Waals surface area contributed by atoms with E-state index in [1.165, 1.54) is 0 Å². The van der Waals surface area contributed by atoms with Crippen molar-refractivity contribution in [3.63, 3.8) is 0 Å². The fraction of sp³-hybridized carbons (Fsp3) is 0.800. The molecule has 1 heterocycles. The number of likely N-dealkylation sites (tertiary alicyclic amines) is 1. The molecule has 0 aromatic heterocycles. The summed E-state index contributed by atoms with van der Waals surface area (Å²) in [5.41, 5.74) is -0.849. The molecule has 78 valence electrons. The van der Waals surface area contributed by atoms with E-state index in [0.717, 1.165) is 0 Å². The Balaban J connectivity index is 2.42. The van der Waals surface area contributed by atoms with Gasteiger partial charge < -0.3 is 9.58 Å². The Kier molecular flexibility index (Phi) is 2.45. The first-order valence-electron chi connectivity index (χ1n) is 4.62. The minimum atomic E-state index is -0.457. The fourth-order valence-corrected chi connectivity index (χ4v) is 1.30. The van der Waals surface area contributed by atoms with Crippen LogP contribution < -0.4 is 0 Å². The summed E-state index contributed by atoms with van der Waals surface area (Å²) >= 11 is 0. The molecule has 14 heavy (non-hydrogen) atoms. The van der Waals surface area contributed by atoms with Crippen molar-refractivity contribution in [3.8, 4) is 0 Å². The summed E-state index contributed by atoms with van der Waals surface area (Å²) in [4.78, 5) is 16.5. The van der Waals surface area contributed by atoms with Gasteiger partial charge in [0, 0.05) is 6.92 Å². The summed E-state index contributed by atoms with van der Waals surface area (Å²) in [5, 5.41) is 0. The molecule has 1 aliphatic heterocycles. The van der Waals surface area contributed by atoms with E-state index in [2.05, 4.69) is 4.85 Å². The second-order valence-electron chi connectivity index (χ2n) is 4.95. The van der Waals surface area contributed by atoms with E-state index in [0.29, 0.717) is 13.1 Å². The number of carbonyl (C=O) groups excluding carboxylic acids is 1. The Labute approximate surface area is 84.7 Å². The topological polar surface area (TPSA) is 33.9 Å². The second kappa shape index (κ2) is 3.16. The van der Waals surface area contributed by atoms with E-state index in [1.807, 2.05) is 27.7 Å². The van der Waals surface area contributed by atoms with E-state index in [-0.39, 0.29) is 6.09 Å². The molecule has 4 heteroatoms. The van der Waals surface area contributed by atoms with Crippen LogP contribution in [0.2, 0.25) is 0 Å². The van der Waals surface area contributed by atoms with Crippen LogP contribution >= 0.6 is 0 Å². The summed E-state index contributed by atoms with van der Waals surface area (Å²) < 4.78 is 5.16. The molecule has 0 aromatic rings. The molecule has 4 nitrogen and oxygen atoms in total. The quantitative estimate of drug-likeness (QED) is 0.555. The van der Waals surface area contributed by atoms with Crippen LogP contribution in [0.3, 0.4) is 0 Å². The lowest BCUT2D eigenvalue weighted by Crippen LogP contribution is -2.60. The average molecular weight is 196 g/mol. The molecule has 1 amide bonds. The van der Waals surface area contributed by atoms with E-state index in [9.17, 15) is 4.79 Å². The first-order chi connectivity index (χ1) is 6.26. The number of amides is 1. The van der Waals surface area contributed by atoms with Crippen molar-refractivity contribution in [2.24, 2.45) is 0 Å². The summed E-state index contributed by atoms with van der Waals surface area (Å²) in [6, 6.07) is 0. The number of ether oxygens (including phenoxy) is 1. The first-order valence-corrected chi connectivity index (χ1v) is 4.62. The van der Waals surface area contributed by atoms with Gasteiger partial charge in [-0.2, -0.15) is 0 Å². The molecule has 0 unspecified atom stereocenters. The van der Waals surface area contributed by atoms with Gasteiger partial charge in [0.15, 0.2) is 0 Å². The standard InChI is InChI=1S/C10H16N2O2/c1-9(2,3)14-8(13)12-6-10(4,7-12)11-5/h6-7H2,1-4H3. The number of rotatable bonds is 0. The van der Waals surface area contributed by atoms with Crippen LogP contribution in [0, 0.1) is 6.57 Å². The first kappa shape index (κ1) is 10.8. The molecule has 0 spiro atoms. The zero-order valence-corrected chi connectivity index (χ0v) is 9.13. The van der Waals surface area contributed by atoms with Crippen molar-refractivity contribution >= 4 is 6.09 Å². The second-order valence-corrected chi connectivity index (χ2v) is 4.95. The molecule has 0 N–H and O–H groups in total. The van der Waals surface area contributed by atoms with Gasteiger partial charge in [0.1, 0.15) is 18.7 Å². The van der Waals surface area contributed by atoms with Gasteiger partial charge in [-0.3, -0.25) is 4.90 Å². The predicted octanol–water partition coefficient (Wildman–Crippen LogP) is 1.92. The molecule has 1 saturated heterocycles. The number of carbonyl (C=O) groups is 1. The Hall–Kier alpha value is -1.24. The molecule has 0 bridgehead atoms. The molecule has 0 radical (unpaired) electrons. The van der Waals surface area contributed by atoms with E-state index >= 15 is 0 Å². The maximum atomic E-state index is 11.4. The molecule has 0 saturated carbocycles. The third-order valence-electron chi connectivity index (χ3n) is 1.98. The number of hydrogen-bond donors (Lipinski definition) is 0. The SMILES string of the molecule is [C-]#[N+]C1(C)CN(C(=O)OC(C)(C)C)C1. The van der Waals surface area contributed by atoms with Crippen molar-refractivity contribution in [2.75, 3.05) is 13.1 Å². The van der Waals surface area contributed by atoms with Crippen LogP contribution in [0.25, 0.3) is 4.85 Å². The van der Waals surface area contributed by atoms with E-state index in [1.54, 1.807) is 4.90 Å². The lowest BCUT2D eigenvalue weighted by atomic mass is 9.94. The molecule has 1 rings (SSSR count). The van der Waals surface area contributed by atoms with E-state index < -0.39 is 11.1 Å². The summed E-state index contributed by atoms with van der Waals surface area (Å²) in [7, 11) is 0. The predicted molar refractivity (Wildman–Crippen MR) is 52.8 cm³/mol. The highest BCUT2D eigenvalue weighted by Gasteiger charge is 2.48. The maximum Gasteiger partial charge on any atom is 0.410 e. The van der Waals surface area contributed by atoms with Crippen molar-refractivity contribution in [2.45, 2.75) is 38.8 Å². The monoisotopic (exact) mass is 196 g/mol. The van der Waals surface area contributed by atoms with Crippen molar-refractivity contribution < 1.29 is 9.53 Å². The van der Waals surface area contributed by atoms with Crippen LogP contribution in [0.4, 0.5) is 4.79 Å². The highest BCUT2D eigenvalue weighted by atomic mass is 16.6. The largest absolute Gasteiger partial charge is 0.444 e. The van der Waals surface area contributed by atoms with Crippen LogP contribution in [-0.2, 0) is 4.74 Å². The van der Waals surface area contributed by atoms with Crippen molar-refractivity contribution in [3.05, 3.63) is 11.4 Å². The van der Waals surface area contributed by atoms with Crippen LogP contribution in [0.15, 0.2) is 0 Å². The third kappa shape index (κ3) is 2.38. The van der Waals surface area contributed by atoms with Crippen molar-refractivity contribution in [1.82, 2.24) is 4.90 Å². The van der Waals surface area contributed by atoms with Gasteiger partial charge in [0.05, 0.1) is 0 Å². The molecular weight excluding hydrogens is 180 g/mol. The number of nitrogens with zero attached hydrogens (tertiary/aromatic N) is 2. The Bertz CT molecular complexity index is 279. The highest BCUT2D eigenvalue weighted by Crippen LogP contribution is 2.26. The zero-order chi connectivity index (χ0) is 11.0. The zero-order valence-electron chi connectivity index (χ0n) is 9.13. The van der Waals surface area contributed by atoms with Crippen LogP contribution in [0.1, 0.15) is 27.7 Å². The van der Waals surface area contributed by atoms with Gasteiger partial charge in [-0.15, -0.1) is 0 Å². The van der Waals surface area contributed by atoms with Gasteiger partial charge in [0.2, 0.25) is 0 Å². The molecule has 0 aromatic carbocycles. The lowest BCUT2D eigenvalue weighted by molar-refractivity contribution is 0.00113. The van der Waals surface area contributed by atoms with Gasteiger partial charge in [-0.05, 0) is 20.8 Å². The van der Waals surface area contributed by atoms with Gasteiger partial charge in [-0.1, -0.05) is 0 Å². The fourth-order valence-electron chi connectivity index (χ4n) is 1.30. The molecule has 1 fully saturated rings. The van der Waals surface area contributed by atoms with Gasteiger partial charge in [0.25, 0.3) is 5.54 Å². The minimum Gasteiger partial charge on any atom is -0.444 e. The van der Waals surface area contributed by atoms with Crippen LogP contribution in [0.5, 0.6) is 0 Å². The molecular formula is C10H16N2O2. The number of hydrogen-bond acceptors (Lipinski definition) is 2. The van der Waals surface area contributed by atoms with Crippen LogP contribution in [-0.4, -0.2) is 35.2 Å². The lowest BCUT2D eigenvalue weighted by Gasteiger charge is -2.39. The normalized spacial score (nSPS) is 19.5. The molecule has 0 atom stereocenters. The summed E-state index contributed by atoms with van der Waals surface area (Å²) in [6.07, 6.45) is -0.321.